The molecule has 0 unspecified atom stereocenters. The highest BCUT2D eigenvalue weighted by Gasteiger charge is 2.43. The van der Waals surface area contributed by atoms with E-state index in [0.29, 0.717) is 27.9 Å². The molecule has 0 atom stereocenters. The van der Waals surface area contributed by atoms with Crippen LogP contribution in [0.3, 0.4) is 0 Å². The van der Waals surface area contributed by atoms with Gasteiger partial charge in [0.05, 0.1) is 22.3 Å². The molecule has 0 spiro atoms. The van der Waals surface area contributed by atoms with Gasteiger partial charge in [0.1, 0.15) is 114 Å². The first kappa shape index (κ1) is 59.8. The monoisotopic (exact) mass is 1200 g/mol. The van der Waals surface area contributed by atoms with E-state index in [1.54, 1.807) is 118 Å². The summed E-state index contributed by atoms with van der Waals surface area (Å²) in [6.45, 7) is 5.43. The zero-order valence-corrected chi connectivity index (χ0v) is 49.0. The van der Waals surface area contributed by atoms with Gasteiger partial charge in [-0.15, -0.1) is 25.7 Å². The molecule has 11 rings (SSSR count). The molecule has 0 saturated carbocycles. The number of terminal acetylenes is 4. The van der Waals surface area contributed by atoms with Gasteiger partial charge in [0.25, 0.3) is 23.6 Å². The number of nitrogens with zero attached hydrogens (tertiary/aromatic N) is 2. The Kier molecular flexibility index (Phi) is 16.0. The van der Waals surface area contributed by atoms with Crippen molar-refractivity contribution in [2.45, 2.75) is 46.0 Å². The van der Waals surface area contributed by atoms with Gasteiger partial charge < -0.3 is 52.5 Å². The van der Waals surface area contributed by atoms with E-state index in [1.165, 1.54) is 38.1 Å². The maximum absolute atomic E-state index is 15.4. The molecule has 0 aromatic heterocycles. The molecule has 0 bridgehead atoms. The lowest BCUT2D eigenvalue weighted by molar-refractivity contribution is -0.195. The lowest BCUT2D eigenvalue weighted by atomic mass is 9.80. The van der Waals surface area contributed by atoms with Crippen molar-refractivity contribution in [3.63, 3.8) is 0 Å². The third kappa shape index (κ3) is 11.9. The lowest BCUT2D eigenvalue weighted by Crippen LogP contribution is -2.45. The number of hydrogen-bond donors (Lipinski definition) is 1. The number of ether oxygens (including phenoxy) is 10. The number of rotatable bonds is 21. The Hall–Kier alpha value is -11.9. The van der Waals surface area contributed by atoms with Crippen LogP contribution in [0.4, 0.5) is 0 Å². The van der Waals surface area contributed by atoms with Crippen LogP contribution in [0.1, 0.15) is 76.1 Å². The maximum Gasteiger partial charge on any atom is 0.328 e. The zero-order chi connectivity index (χ0) is 63.8. The predicted molar refractivity (Wildman–Crippen MR) is 330 cm³/mol. The van der Waals surface area contributed by atoms with Crippen molar-refractivity contribution in [3.05, 3.63) is 144 Å². The van der Waals surface area contributed by atoms with Crippen LogP contribution in [-0.4, -0.2) is 101 Å². The predicted octanol–water partition coefficient (Wildman–Crippen LogP) is 11.8. The van der Waals surface area contributed by atoms with Gasteiger partial charge in [0.15, 0.2) is 0 Å². The Morgan fingerprint density at radius 2 is 0.611 bits per heavy atom. The molecular weight excluding hydrogens is 1150 g/mol. The summed E-state index contributed by atoms with van der Waals surface area (Å²) in [5, 5.41) is 11.4. The van der Waals surface area contributed by atoms with Crippen LogP contribution in [0.5, 0.6) is 69.0 Å². The van der Waals surface area contributed by atoms with Crippen LogP contribution in [0.25, 0.3) is 43.1 Å². The van der Waals surface area contributed by atoms with Crippen molar-refractivity contribution in [2.24, 2.45) is 0 Å². The van der Waals surface area contributed by atoms with Crippen molar-refractivity contribution in [2.75, 3.05) is 39.5 Å². The van der Waals surface area contributed by atoms with E-state index >= 15 is 19.2 Å². The Morgan fingerprint density at radius 3 is 0.833 bits per heavy atom. The molecule has 9 aromatic rings. The average Bonchev–Trinajstić information content (AvgIpc) is 0.679. The number of aliphatic hydroxyl groups is 1. The minimum Gasteiger partial charge on any atom is -0.481 e. The molecule has 4 amide bonds. The maximum atomic E-state index is 15.4. The Balaban J connectivity index is 1.31. The molecule has 19 nitrogen and oxygen atoms in total. The topological polar surface area (TPSA) is 221 Å². The zero-order valence-electron chi connectivity index (χ0n) is 49.0. The van der Waals surface area contributed by atoms with E-state index in [-0.39, 0.29) is 138 Å². The van der Waals surface area contributed by atoms with Gasteiger partial charge in [0, 0.05) is 56.9 Å². The molecule has 2 heterocycles. The average molecular weight is 1210 g/mol. The number of carbonyl (C=O) groups excluding carboxylic acids is 6. The van der Waals surface area contributed by atoms with Crippen LogP contribution in [0, 0.1) is 49.4 Å². The largest absolute Gasteiger partial charge is 0.481 e. The summed E-state index contributed by atoms with van der Waals surface area (Å²) in [6, 6.07) is 31.2. The molecule has 0 saturated heterocycles. The van der Waals surface area contributed by atoms with Gasteiger partial charge in [-0.2, -0.15) is 0 Å². The Bertz CT molecular complexity index is 4060. The van der Waals surface area contributed by atoms with Crippen LogP contribution in [-0.2, 0) is 19.1 Å². The highest BCUT2D eigenvalue weighted by atomic mass is 16.7. The van der Waals surface area contributed by atoms with E-state index in [2.05, 4.69) is 23.7 Å². The summed E-state index contributed by atoms with van der Waals surface area (Å²) in [5.74, 6) is 4.00. The minimum absolute atomic E-state index is 0.0366. The summed E-state index contributed by atoms with van der Waals surface area (Å²) in [5.41, 5.74) is -1.54. The van der Waals surface area contributed by atoms with E-state index in [9.17, 15) is 14.7 Å². The third-order valence-corrected chi connectivity index (χ3v) is 13.9. The van der Waals surface area contributed by atoms with Gasteiger partial charge in [-0.3, -0.25) is 38.6 Å². The highest BCUT2D eigenvalue weighted by Crippen LogP contribution is 2.58. The van der Waals surface area contributed by atoms with Gasteiger partial charge in [-0.25, -0.2) is 0 Å². The Labute approximate surface area is 515 Å². The number of imide groups is 2. The fourth-order valence-corrected chi connectivity index (χ4v) is 10.6. The first-order valence-corrected chi connectivity index (χ1v) is 27.8. The second-order valence-electron chi connectivity index (χ2n) is 21.9. The van der Waals surface area contributed by atoms with Crippen LogP contribution >= 0.6 is 0 Å². The fourth-order valence-electron chi connectivity index (χ4n) is 10.6. The van der Waals surface area contributed by atoms with Crippen molar-refractivity contribution in [1.82, 2.24) is 9.80 Å². The van der Waals surface area contributed by atoms with Gasteiger partial charge >= 0.3 is 11.9 Å². The van der Waals surface area contributed by atoms with E-state index in [0.717, 1.165) is 4.90 Å². The molecule has 448 valence electrons. The normalized spacial score (nSPS) is 12.7. The van der Waals surface area contributed by atoms with E-state index in [1.807, 2.05) is 0 Å². The minimum atomic E-state index is -2.00. The number of amides is 4. The summed E-state index contributed by atoms with van der Waals surface area (Å²) < 4.78 is 61.5. The molecule has 0 radical (unpaired) electrons. The quantitative estimate of drug-likeness (QED) is 0.0176. The number of benzene rings is 9. The van der Waals surface area contributed by atoms with Crippen molar-refractivity contribution < 1.29 is 81.2 Å². The SMILES string of the molecule is C#CCOc1ccc(Oc2cc3c4c(cc(Oc5ccc(OCC#C)cc5)c5c6c(Oc7ccc(OCC#C)cc7)cc7c8c(cc(Oc9ccc(OCC#C)cc9)c(c2c45)c86)C(=O)N(CC(=O)OC(C)(C)O)C7=O)C(=O)N(CC(=O)OC(C)(C)C)C3=O)cc1. The number of carbonyl (C=O) groups is 6. The Morgan fingerprint density at radius 1 is 0.378 bits per heavy atom. The number of esters is 2. The summed E-state index contributed by atoms with van der Waals surface area (Å²) in [6.07, 6.45) is 22.0. The summed E-state index contributed by atoms with van der Waals surface area (Å²) in [4.78, 5) is 90.5. The van der Waals surface area contributed by atoms with Gasteiger partial charge in [-0.1, -0.05) is 23.7 Å². The smallest absolute Gasteiger partial charge is 0.328 e. The first-order chi connectivity index (χ1) is 43.1. The van der Waals surface area contributed by atoms with Crippen molar-refractivity contribution in [1.29, 1.82) is 0 Å². The van der Waals surface area contributed by atoms with E-state index in [4.69, 9.17) is 73.1 Å². The molecule has 0 aliphatic carbocycles. The first-order valence-electron chi connectivity index (χ1n) is 27.8. The molecule has 2 aliphatic heterocycles. The van der Waals surface area contributed by atoms with Gasteiger partial charge in [0.2, 0.25) is 5.79 Å². The summed E-state index contributed by atoms with van der Waals surface area (Å²) >= 11 is 0. The molecule has 9 aromatic carbocycles. The molecule has 19 heteroatoms. The molecule has 0 fully saturated rings. The second-order valence-corrected chi connectivity index (χ2v) is 21.9. The number of hydrogen-bond acceptors (Lipinski definition) is 17. The van der Waals surface area contributed by atoms with Crippen molar-refractivity contribution in [3.8, 4) is 118 Å². The van der Waals surface area contributed by atoms with Crippen LogP contribution in [0.15, 0.2) is 121 Å². The van der Waals surface area contributed by atoms with Crippen LogP contribution < -0.4 is 37.9 Å². The second kappa shape index (κ2) is 24.1. The summed E-state index contributed by atoms with van der Waals surface area (Å²) in [7, 11) is 0. The lowest BCUT2D eigenvalue weighted by Gasteiger charge is -2.32. The van der Waals surface area contributed by atoms with Gasteiger partial charge in [-0.05, 0) is 142 Å². The highest BCUT2D eigenvalue weighted by molar-refractivity contribution is 6.45. The molecular formula is C71H52N2O17. The molecule has 1 N–H and O–H groups in total. The van der Waals surface area contributed by atoms with Crippen molar-refractivity contribution >= 4 is 78.7 Å². The third-order valence-electron chi connectivity index (χ3n) is 13.9. The molecule has 90 heavy (non-hydrogen) atoms. The molecule has 2 aliphatic rings. The standard InChI is InChI=1S/C71H52N2O17/c1-10-30-81-40-14-22-44(23-15-40)85-52-34-48-58-49(67(77)72(66(48)76)38-56(74)89-70(5,6)7)35-53(86-45-24-16-41(17-25-45)82-31-11-2)61-63-55(88-47-28-20-43(21-29-47)84-33-13-4)37-51-59-50(68(78)73(69(51)79)39-57(75)90-71(8,9)80)36-54(62(65(59)63)60(52)64(58)61)87-46-26-18-42(19-27-46)83-32-12-3/h1-4,14-29,34-37,80H,30-33,38-39H2,5-9H3. The fraction of sp³-hybridized carbons (Fsp3) is 0.183. The van der Waals surface area contributed by atoms with E-state index < -0.39 is 60.0 Å². The van der Waals surface area contributed by atoms with Crippen LogP contribution in [0.2, 0.25) is 0 Å². The number of fused-ring (bicyclic) bond motifs is 2.